The lowest BCUT2D eigenvalue weighted by Gasteiger charge is -2.20. The van der Waals surface area contributed by atoms with Gasteiger partial charge in [0.2, 0.25) is 5.91 Å². The lowest BCUT2D eigenvalue weighted by atomic mass is 10.0. The molecule has 0 aliphatic carbocycles. The van der Waals surface area contributed by atoms with Gasteiger partial charge in [0.25, 0.3) is 0 Å². The van der Waals surface area contributed by atoms with Gasteiger partial charge >= 0.3 is 5.97 Å². The molecule has 7 heteroatoms. The van der Waals surface area contributed by atoms with Crippen LogP contribution >= 0.6 is 11.6 Å². The molecule has 0 fully saturated rings. The zero-order valence-corrected chi connectivity index (χ0v) is 15.2. The zero-order valence-electron chi connectivity index (χ0n) is 14.5. The van der Waals surface area contributed by atoms with Gasteiger partial charge in [-0.3, -0.25) is 9.59 Å². The number of hydrogen-bond donors (Lipinski definition) is 2. The fourth-order valence-electron chi connectivity index (χ4n) is 2.58. The van der Waals surface area contributed by atoms with Crippen molar-refractivity contribution in [1.82, 2.24) is 5.32 Å². The van der Waals surface area contributed by atoms with E-state index in [2.05, 4.69) is 5.32 Å². The summed E-state index contributed by atoms with van der Waals surface area (Å²) in [4.78, 5) is 23.7. The molecule has 0 aliphatic rings. The average Bonchev–Trinajstić information content (AvgIpc) is 2.62. The molecule has 26 heavy (non-hydrogen) atoms. The summed E-state index contributed by atoms with van der Waals surface area (Å²) >= 11 is 6.08. The first-order chi connectivity index (χ1) is 12.4. The van der Waals surface area contributed by atoms with Crippen LogP contribution in [0.15, 0.2) is 42.5 Å². The Labute approximate surface area is 156 Å². The second-order valence-corrected chi connectivity index (χ2v) is 6.00. The fraction of sp³-hybridized carbons (Fsp3) is 0.263. The van der Waals surface area contributed by atoms with Crippen LogP contribution in [0.4, 0.5) is 0 Å². The third-order valence-corrected chi connectivity index (χ3v) is 4.21. The van der Waals surface area contributed by atoms with Gasteiger partial charge in [-0.2, -0.15) is 0 Å². The molecular weight excluding hydrogens is 358 g/mol. The Hall–Kier alpha value is -2.73. The molecule has 0 spiro atoms. The van der Waals surface area contributed by atoms with E-state index < -0.39 is 12.0 Å². The maximum absolute atomic E-state index is 12.4. The Morgan fingerprint density at radius 1 is 1.15 bits per heavy atom. The number of nitrogens with one attached hydrogen (secondary N) is 1. The lowest BCUT2D eigenvalue weighted by molar-refractivity contribution is -0.137. The molecule has 0 aromatic heterocycles. The van der Waals surface area contributed by atoms with Crippen LogP contribution in [0.1, 0.15) is 23.6 Å². The predicted molar refractivity (Wildman–Crippen MR) is 97.8 cm³/mol. The van der Waals surface area contributed by atoms with Gasteiger partial charge in [0.15, 0.2) is 0 Å². The Kier molecular flexibility index (Phi) is 6.86. The molecule has 1 amide bonds. The number of ether oxygens (including phenoxy) is 2. The summed E-state index contributed by atoms with van der Waals surface area (Å²) in [6, 6.07) is 11.3. The maximum atomic E-state index is 12.4. The number of carboxylic acids is 1. The van der Waals surface area contributed by atoms with Crippen LogP contribution < -0.4 is 14.8 Å². The zero-order chi connectivity index (χ0) is 19.1. The summed E-state index contributed by atoms with van der Waals surface area (Å²) in [7, 11) is 3.00. The van der Waals surface area contributed by atoms with Gasteiger partial charge in [0.05, 0.1) is 33.1 Å². The first-order valence-electron chi connectivity index (χ1n) is 7.91. The topological polar surface area (TPSA) is 84.9 Å². The number of carboxylic acid groups (broad SMARTS) is 1. The van der Waals surface area contributed by atoms with Crippen LogP contribution in [0.2, 0.25) is 5.02 Å². The second kappa shape index (κ2) is 9.10. The molecule has 1 atom stereocenters. The number of hydrogen-bond acceptors (Lipinski definition) is 4. The first-order valence-corrected chi connectivity index (χ1v) is 8.29. The highest BCUT2D eigenvalue weighted by Gasteiger charge is 2.22. The van der Waals surface area contributed by atoms with Gasteiger partial charge < -0.3 is 19.9 Å². The Bertz CT molecular complexity index is 793. The molecule has 0 aliphatic heterocycles. The van der Waals surface area contributed by atoms with Crippen molar-refractivity contribution >= 4 is 23.5 Å². The number of methoxy groups -OCH3 is 2. The number of halogens is 1. The smallest absolute Gasteiger partial charge is 0.305 e. The van der Waals surface area contributed by atoms with Crippen molar-refractivity contribution < 1.29 is 24.2 Å². The molecule has 6 nitrogen and oxygen atoms in total. The average molecular weight is 378 g/mol. The first kappa shape index (κ1) is 19.6. The second-order valence-electron chi connectivity index (χ2n) is 5.59. The molecule has 0 saturated heterocycles. The normalized spacial score (nSPS) is 11.5. The van der Waals surface area contributed by atoms with E-state index in [1.165, 1.54) is 14.2 Å². The Balaban J connectivity index is 2.23. The van der Waals surface area contributed by atoms with Gasteiger partial charge in [-0.15, -0.1) is 0 Å². The van der Waals surface area contributed by atoms with Crippen molar-refractivity contribution in [2.45, 2.75) is 18.9 Å². The summed E-state index contributed by atoms with van der Waals surface area (Å²) in [5.74, 6) is -0.358. The monoisotopic (exact) mass is 377 g/mol. The summed E-state index contributed by atoms with van der Waals surface area (Å²) in [5, 5.41) is 12.5. The lowest BCUT2D eigenvalue weighted by Crippen LogP contribution is -2.31. The minimum atomic E-state index is -1.04. The van der Waals surface area contributed by atoms with E-state index >= 15 is 0 Å². The largest absolute Gasteiger partial charge is 0.497 e. The number of carbonyl (C=O) groups is 2. The standard InChI is InChI=1S/C19H20ClNO5/c1-25-13-7-8-14(17(10-13)26-2)16(11-19(23)24)21-18(22)9-12-5-3-4-6-15(12)20/h3-8,10,16H,9,11H2,1-2H3,(H,21,22)(H,23,24). The minimum Gasteiger partial charge on any atom is -0.497 e. The SMILES string of the molecule is COc1ccc(C(CC(=O)O)NC(=O)Cc2ccccc2Cl)c(OC)c1. The van der Waals surface area contributed by atoms with Crippen molar-refractivity contribution in [3.05, 3.63) is 58.6 Å². The third-order valence-electron chi connectivity index (χ3n) is 3.84. The molecule has 2 N–H and O–H groups in total. The van der Waals surface area contributed by atoms with Crippen molar-refractivity contribution in [3.63, 3.8) is 0 Å². The molecule has 1 unspecified atom stereocenters. The summed E-state index contributed by atoms with van der Waals surface area (Å²) in [6.07, 6.45) is -0.231. The molecular formula is C19H20ClNO5. The Morgan fingerprint density at radius 2 is 1.88 bits per heavy atom. The molecule has 0 bridgehead atoms. The van der Waals surface area contributed by atoms with Crippen LogP contribution in [-0.4, -0.2) is 31.2 Å². The van der Waals surface area contributed by atoms with Gasteiger partial charge in [-0.1, -0.05) is 29.8 Å². The molecule has 138 valence electrons. The number of rotatable bonds is 8. The van der Waals surface area contributed by atoms with Crippen LogP contribution in [-0.2, 0) is 16.0 Å². The minimum absolute atomic E-state index is 0.0499. The highest BCUT2D eigenvalue weighted by atomic mass is 35.5. The van der Waals surface area contributed by atoms with Gasteiger partial charge in [-0.25, -0.2) is 0 Å². The maximum Gasteiger partial charge on any atom is 0.305 e. The summed E-state index contributed by atoms with van der Waals surface area (Å²) < 4.78 is 10.5. The van der Waals surface area contributed by atoms with Crippen LogP contribution in [0.5, 0.6) is 11.5 Å². The fourth-order valence-corrected chi connectivity index (χ4v) is 2.78. The van der Waals surface area contributed by atoms with Crippen LogP contribution in [0.25, 0.3) is 0 Å². The predicted octanol–water partition coefficient (Wildman–Crippen LogP) is 3.23. The highest BCUT2D eigenvalue weighted by Crippen LogP contribution is 2.31. The summed E-state index contributed by atoms with van der Waals surface area (Å²) in [5.41, 5.74) is 1.23. The molecule has 0 heterocycles. The van der Waals surface area contributed by atoms with Crippen molar-refractivity contribution in [2.75, 3.05) is 14.2 Å². The van der Waals surface area contributed by atoms with E-state index in [-0.39, 0.29) is 18.7 Å². The van der Waals surface area contributed by atoms with Crippen molar-refractivity contribution in [3.8, 4) is 11.5 Å². The molecule has 0 radical (unpaired) electrons. The van der Waals surface area contributed by atoms with E-state index in [1.807, 2.05) is 0 Å². The summed E-state index contributed by atoms with van der Waals surface area (Å²) in [6.45, 7) is 0. The van der Waals surface area contributed by atoms with E-state index in [0.717, 1.165) is 0 Å². The van der Waals surface area contributed by atoms with E-state index in [4.69, 9.17) is 21.1 Å². The van der Waals surface area contributed by atoms with Crippen molar-refractivity contribution in [2.24, 2.45) is 0 Å². The molecule has 2 aromatic carbocycles. The van der Waals surface area contributed by atoms with E-state index in [1.54, 1.807) is 42.5 Å². The number of benzene rings is 2. The number of aliphatic carboxylic acids is 1. The van der Waals surface area contributed by atoms with E-state index in [0.29, 0.717) is 27.6 Å². The van der Waals surface area contributed by atoms with Crippen LogP contribution in [0, 0.1) is 0 Å². The highest BCUT2D eigenvalue weighted by molar-refractivity contribution is 6.31. The van der Waals surface area contributed by atoms with Crippen molar-refractivity contribution in [1.29, 1.82) is 0 Å². The molecule has 0 saturated carbocycles. The van der Waals surface area contributed by atoms with Gasteiger partial charge in [-0.05, 0) is 23.8 Å². The quantitative estimate of drug-likeness (QED) is 0.737. The van der Waals surface area contributed by atoms with Crippen LogP contribution in [0.3, 0.4) is 0 Å². The Morgan fingerprint density at radius 3 is 2.50 bits per heavy atom. The number of amides is 1. The molecule has 2 aromatic rings. The third kappa shape index (κ3) is 5.13. The number of carbonyl (C=O) groups excluding carboxylic acids is 1. The van der Waals surface area contributed by atoms with Gasteiger partial charge in [0, 0.05) is 16.7 Å². The van der Waals surface area contributed by atoms with E-state index in [9.17, 15) is 14.7 Å². The van der Waals surface area contributed by atoms with Gasteiger partial charge in [0.1, 0.15) is 11.5 Å². The molecule has 2 rings (SSSR count).